The second kappa shape index (κ2) is 5.55. The number of anilines is 1. The van der Waals surface area contributed by atoms with Crippen LogP contribution in [0.25, 0.3) is 0 Å². The number of nitrogens with one attached hydrogen (secondary N) is 1. The van der Waals surface area contributed by atoms with Crippen LogP contribution in [0.3, 0.4) is 0 Å². The van der Waals surface area contributed by atoms with Crippen molar-refractivity contribution in [3.05, 3.63) is 58.3 Å². The summed E-state index contributed by atoms with van der Waals surface area (Å²) in [5.41, 5.74) is 2.13. The van der Waals surface area contributed by atoms with Gasteiger partial charge >= 0.3 is 0 Å². The Bertz CT molecular complexity index is 585. The lowest BCUT2D eigenvalue weighted by atomic mass is 10.0. The maximum absolute atomic E-state index is 13.8. The molecule has 0 amide bonds. The van der Waals surface area contributed by atoms with Gasteiger partial charge in [-0.25, -0.2) is 4.39 Å². The van der Waals surface area contributed by atoms with Crippen molar-refractivity contribution >= 4 is 33.4 Å². The first-order valence-corrected chi connectivity index (χ1v) is 7.95. The van der Waals surface area contributed by atoms with Crippen LogP contribution in [0.15, 0.2) is 51.8 Å². The van der Waals surface area contributed by atoms with Gasteiger partial charge in [-0.05, 0) is 42.3 Å². The third-order valence-electron chi connectivity index (χ3n) is 3.21. The number of halogens is 2. The van der Waals surface area contributed by atoms with Crippen LogP contribution in [-0.2, 0) is 0 Å². The Balaban J connectivity index is 1.88. The molecule has 0 fully saturated rings. The number of hydrogen-bond acceptors (Lipinski definition) is 2. The fourth-order valence-electron chi connectivity index (χ4n) is 2.28. The number of thioether (sulfide) groups is 1. The van der Waals surface area contributed by atoms with Gasteiger partial charge in [0.25, 0.3) is 0 Å². The first-order chi connectivity index (χ1) is 9.24. The fraction of sp³-hybridized carbons (Fsp3) is 0.200. The molecule has 0 bridgehead atoms. The first kappa shape index (κ1) is 13.0. The Kier molecular flexibility index (Phi) is 3.80. The molecular formula is C15H13BrFNS. The molecule has 3 rings (SSSR count). The Labute approximate surface area is 124 Å². The summed E-state index contributed by atoms with van der Waals surface area (Å²) < 4.78 is 14.8. The number of hydrogen-bond donors (Lipinski definition) is 1. The van der Waals surface area contributed by atoms with Crippen LogP contribution in [0.1, 0.15) is 18.0 Å². The Hall–Kier alpha value is -1.00. The molecule has 2 aromatic rings. The minimum Gasteiger partial charge on any atom is -0.378 e. The molecule has 19 heavy (non-hydrogen) atoms. The minimum absolute atomic E-state index is 0.107. The maximum Gasteiger partial charge on any atom is 0.137 e. The summed E-state index contributed by atoms with van der Waals surface area (Å²) in [6.45, 7) is 0. The lowest BCUT2D eigenvalue weighted by Crippen LogP contribution is -2.16. The zero-order valence-electron chi connectivity index (χ0n) is 10.2. The average Bonchev–Trinajstić information content (AvgIpc) is 2.43. The van der Waals surface area contributed by atoms with Crippen LogP contribution < -0.4 is 5.32 Å². The summed E-state index contributed by atoms with van der Waals surface area (Å²) in [6, 6.07) is 13.6. The molecule has 0 saturated carbocycles. The van der Waals surface area contributed by atoms with Gasteiger partial charge in [0, 0.05) is 20.8 Å². The van der Waals surface area contributed by atoms with E-state index in [9.17, 15) is 4.39 Å². The predicted molar refractivity (Wildman–Crippen MR) is 82.2 cm³/mol. The molecule has 1 atom stereocenters. The van der Waals surface area contributed by atoms with Crippen molar-refractivity contribution in [3.8, 4) is 0 Å². The Morgan fingerprint density at radius 1 is 1.16 bits per heavy atom. The first-order valence-electron chi connectivity index (χ1n) is 6.17. The van der Waals surface area contributed by atoms with E-state index in [4.69, 9.17) is 0 Å². The van der Waals surface area contributed by atoms with E-state index in [0.29, 0.717) is 0 Å². The highest BCUT2D eigenvalue weighted by molar-refractivity contribution is 9.10. The summed E-state index contributed by atoms with van der Waals surface area (Å²) in [5, 5.41) is 3.49. The highest BCUT2D eigenvalue weighted by atomic mass is 79.9. The summed E-state index contributed by atoms with van der Waals surface area (Å²) in [7, 11) is 0. The van der Waals surface area contributed by atoms with Crippen LogP contribution >= 0.6 is 27.7 Å². The molecule has 98 valence electrons. The van der Waals surface area contributed by atoms with Gasteiger partial charge in [-0.15, -0.1) is 11.8 Å². The second-order valence-electron chi connectivity index (χ2n) is 4.50. The van der Waals surface area contributed by atoms with Crippen molar-refractivity contribution in [2.45, 2.75) is 17.4 Å². The van der Waals surface area contributed by atoms with Gasteiger partial charge in [-0.3, -0.25) is 0 Å². The molecule has 2 aromatic carbocycles. The Morgan fingerprint density at radius 3 is 2.74 bits per heavy atom. The summed E-state index contributed by atoms with van der Waals surface area (Å²) in [5.74, 6) is 0.840. The molecule has 1 aliphatic heterocycles. The second-order valence-corrected chi connectivity index (χ2v) is 6.52. The van der Waals surface area contributed by atoms with Gasteiger partial charge in [-0.2, -0.15) is 0 Å². The molecule has 1 nitrogen and oxygen atoms in total. The lowest BCUT2D eigenvalue weighted by molar-refractivity contribution is 0.585. The largest absolute Gasteiger partial charge is 0.378 e. The van der Waals surface area contributed by atoms with Crippen molar-refractivity contribution < 1.29 is 4.39 Å². The molecule has 4 heteroatoms. The van der Waals surface area contributed by atoms with E-state index < -0.39 is 0 Å². The average molecular weight is 338 g/mol. The van der Waals surface area contributed by atoms with E-state index in [0.717, 1.165) is 32.8 Å². The van der Waals surface area contributed by atoms with Crippen LogP contribution in [0.5, 0.6) is 0 Å². The van der Waals surface area contributed by atoms with Crippen molar-refractivity contribution in [1.29, 1.82) is 0 Å². The van der Waals surface area contributed by atoms with Crippen molar-refractivity contribution in [1.82, 2.24) is 0 Å². The number of benzene rings is 2. The molecule has 0 aromatic heterocycles. The highest BCUT2D eigenvalue weighted by Crippen LogP contribution is 2.39. The van der Waals surface area contributed by atoms with E-state index in [1.54, 1.807) is 17.8 Å². The molecule has 1 aliphatic rings. The van der Waals surface area contributed by atoms with Gasteiger partial charge in [-0.1, -0.05) is 28.1 Å². The summed E-state index contributed by atoms with van der Waals surface area (Å²) in [4.78, 5) is 0.795. The smallest absolute Gasteiger partial charge is 0.137 e. The SMILES string of the molecule is Fc1cccc2c1SCCC2Nc1ccc(Br)cc1. The minimum atomic E-state index is -0.107. The van der Waals surface area contributed by atoms with Gasteiger partial charge in [0.05, 0.1) is 6.04 Å². The highest BCUT2D eigenvalue weighted by Gasteiger charge is 2.22. The van der Waals surface area contributed by atoms with Gasteiger partial charge in [0.2, 0.25) is 0 Å². The van der Waals surface area contributed by atoms with E-state index in [1.165, 1.54) is 6.07 Å². The van der Waals surface area contributed by atoms with Crippen molar-refractivity contribution in [2.24, 2.45) is 0 Å². The molecule has 1 heterocycles. The molecule has 0 spiro atoms. The molecular weight excluding hydrogens is 325 g/mol. The van der Waals surface area contributed by atoms with Crippen molar-refractivity contribution in [2.75, 3.05) is 11.1 Å². The van der Waals surface area contributed by atoms with Crippen molar-refractivity contribution in [3.63, 3.8) is 0 Å². The molecule has 0 aliphatic carbocycles. The van der Waals surface area contributed by atoms with Crippen LogP contribution in [0, 0.1) is 5.82 Å². The monoisotopic (exact) mass is 337 g/mol. The maximum atomic E-state index is 13.8. The van der Waals surface area contributed by atoms with Crippen LogP contribution in [0.2, 0.25) is 0 Å². The quantitative estimate of drug-likeness (QED) is 0.804. The van der Waals surface area contributed by atoms with E-state index >= 15 is 0 Å². The topological polar surface area (TPSA) is 12.0 Å². The Morgan fingerprint density at radius 2 is 1.95 bits per heavy atom. The van der Waals surface area contributed by atoms with Gasteiger partial charge in [0.1, 0.15) is 5.82 Å². The lowest BCUT2D eigenvalue weighted by Gasteiger charge is -2.27. The van der Waals surface area contributed by atoms with E-state index in [-0.39, 0.29) is 11.9 Å². The van der Waals surface area contributed by atoms with Gasteiger partial charge in [0.15, 0.2) is 0 Å². The summed E-state index contributed by atoms with van der Waals surface area (Å²) >= 11 is 5.03. The molecule has 1 N–H and O–H groups in total. The van der Waals surface area contributed by atoms with Crippen LogP contribution in [0.4, 0.5) is 10.1 Å². The summed E-state index contributed by atoms with van der Waals surface area (Å²) in [6.07, 6.45) is 1.01. The van der Waals surface area contributed by atoms with E-state index in [2.05, 4.69) is 21.2 Å². The fourth-order valence-corrected chi connectivity index (χ4v) is 3.69. The predicted octanol–water partition coefficient (Wildman–Crippen LogP) is 5.24. The number of rotatable bonds is 2. The van der Waals surface area contributed by atoms with E-state index in [1.807, 2.05) is 30.3 Å². The molecule has 0 saturated heterocycles. The zero-order valence-corrected chi connectivity index (χ0v) is 12.6. The standard InChI is InChI=1S/C15H13BrFNS/c16-10-4-6-11(7-5-10)18-14-8-9-19-15-12(14)2-1-3-13(15)17/h1-7,14,18H,8-9H2. The molecule has 0 radical (unpaired) electrons. The third-order valence-corrected chi connectivity index (χ3v) is 4.90. The van der Waals surface area contributed by atoms with Gasteiger partial charge < -0.3 is 5.32 Å². The molecule has 1 unspecified atom stereocenters. The number of fused-ring (bicyclic) bond motifs is 1. The third kappa shape index (κ3) is 2.79. The zero-order chi connectivity index (χ0) is 13.2. The normalized spacial score (nSPS) is 17.9. The van der Waals surface area contributed by atoms with Crippen LogP contribution in [-0.4, -0.2) is 5.75 Å².